The molecular weight excluding hydrogens is 262 g/mol. The van der Waals surface area contributed by atoms with Gasteiger partial charge in [-0.15, -0.1) is 0 Å². The minimum absolute atomic E-state index is 0.153. The lowest BCUT2D eigenvalue weighted by Crippen LogP contribution is -2.22. The lowest BCUT2D eigenvalue weighted by molar-refractivity contribution is 0.589. The maximum Gasteiger partial charge on any atom is 0.261 e. The van der Waals surface area contributed by atoms with E-state index in [9.17, 15) is 8.42 Å². The Kier molecular flexibility index (Phi) is 5.35. The van der Waals surface area contributed by atoms with Crippen molar-refractivity contribution in [3.63, 3.8) is 0 Å². The van der Waals surface area contributed by atoms with Gasteiger partial charge < -0.3 is 5.43 Å². The summed E-state index contributed by atoms with van der Waals surface area (Å²) in [4.78, 5) is 0.153. The van der Waals surface area contributed by atoms with Gasteiger partial charge in [-0.25, -0.2) is 8.42 Å². The molecule has 102 valence electrons. The molecule has 0 saturated carbocycles. The monoisotopic (exact) mass is 279 g/mol. The molecular formula is C13H17N3O2S. The van der Waals surface area contributed by atoms with Gasteiger partial charge in [-0.2, -0.15) is 0 Å². The van der Waals surface area contributed by atoms with Gasteiger partial charge in [0.2, 0.25) is 0 Å². The average molecular weight is 279 g/mol. The molecule has 5 nitrogen and oxygen atoms in total. The predicted molar refractivity (Wildman–Crippen MR) is 77.7 cm³/mol. The van der Waals surface area contributed by atoms with Gasteiger partial charge in [0.05, 0.1) is 4.90 Å². The summed E-state index contributed by atoms with van der Waals surface area (Å²) in [5, 5.41) is 0. The first-order chi connectivity index (χ1) is 9.03. The van der Waals surface area contributed by atoms with Crippen LogP contribution in [-0.2, 0) is 10.0 Å². The normalized spacial score (nSPS) is 12.4. The first-order valence-corrected chi connectivity index (χ1v) is 7.06. The number of rotatable bonds is 6. The molecule has 0 saturated heterocycles. The van der Waals surface area contributed by atoms with E-state index in [0.717, 1.165) is 0 Å². The third kappa shape index (κ3) is 4.27. The highest BCUT2D eigenvalue weighted by Crippen LogP contribution is 2.14. The van der Waals surface area contributed by atoms with Crippen LogP contribution < -0.4 is 16.0 Å². The highest BCUT2D eigenvalue weighted by Gasteiger charge is 2.13. The van der Waals surface area contributed by atoms with Gasteiger partial charge >= 0.3 is 0 Å². The van der Waals surface area contributed by atoms with Crippen LogP contribution in [-0.4, -0.2) is 8.42 Å². The lowest BCUT2D eigenvalue weighted by atomic mass is 10.3. The summed E-state index contributed by atoms with van der Waals surface area (Å²) in [5.74, 6) is 5.22. The van der Waals surface area contributed by atoms with E-state index in [1.165, 1.54) is 18.2 Å². The van der Waals surface area contributed by atoms with E-state index in [4.69, 9.17) is 5.84 Å². The summed E-state index contributed by atoms with van der Waals surface area (Å²) >= 11 is 0. The zero-order valence-corrected chi connectivity index (χ0v) is 11.4. The maximum atomic E-state index is 12.1. The molecule has 6 heteroatoms. The standard InChI is InChI=1S/C13H17N3O2S/c1-3-5-6-11(4-2)16-19(17,18)13-9-7-12(15-14)8-10-13/h3-10,15-16H,2,14H2,1H3/b5-3-,11-6+. The number of nitrogens with one attached hydrogen (secondary N) is 2. The van der Waals surface area contributed by atoms with E-state index in [1.807, 2.05) is 6.92 Å². The second kappa shape index (κ2) is 6.77. The molecule has 0 aliphatic carbocycles. The topological polar surface area (TPSA) is 84.2 Å². The molecule has 0 atom stereocenters. The van der Waals surface area contributed by atoms with Crippen molar-refractivity contribution in [3.05, 3.63) is 60.8 Å². The van der Waals surface area contributed by atoms with E-state index in [1.54, 1.807) is 30.4 Å². The molecule has 19 heavy (non-hydrogen) atoms. The maximum absolute atomic E-state index is 12.1. The second-order valence-corrected chi connectivity index (χ2v) is 5.31. The van der Waals surface area contributed by atoms with Crippen LogP contribution in [0, 0.1) is 0 Å². The molecule has 1 aromatic rings. The van der Waals surface area contributed by atoms with Crippen LogP contribution in [0.1, 0.15) is 6.92 Å². The van der Waals surface area contributed by atoms with Gasteiger partial charge in [-0.1, -0.05) is 18.7 Å². The van der Waals surface area contributed by atoms with Crippen molar-refractivity contribution in [3.8, 4) is 0 Å². The molecule has 1 rings (SSSR count). The van der Waals surface area contributed by atoms with Gasteiger partial charge in [0.1, 0.15) is 0 Å². The van der Waals surface area contributed by atoms with Crippen molar-refractivity contribution in [2.24, 2.45) is 5.84 Å². The van der Waals surface area contributed by atoms with Crippen molar-refractivity contribution >= 4 is 15.7 Å². The number of hydrogen-bond acceptors (Lipinski definition) is 4. The van der Waals surface area contributed by atoms with E-state index < -0.39 is 10.0 Å². The largest absolute Gasteiger partial charge is 0.324 e. The van der Waals surface area contributed by atoms with Crippen molar-refractivity contribution in [1.29, 1.82) is 0 Å². The number of hydrogen-bond donors (Lipinski definition) is 3. The Morgan fingerprint density at radius 1 is 1.32 bits per heavy atom. The smallest absolute Gasteiger partial charge is 0.261 e. The highest BCUT2D eigenvalue weighted by atomic mass is 32.2. The fourth-order valence-electron chi connectivity index (χ4n) is 1.29. The van der Waals surface area contributed by atoms with Crippen LogP contribution in [0.4, 0.5) is 5.69 Å². The Morgan fingerprint density at radius 2 is 1.95 bits per heavy atom. The molecule has 0 aliphatic heterocycles. The fraction of sp³-hybridized carbons (Fsp3) is 0.0769. The van der Waals surface area contributed by atoms with Crippen LogP contribution >= 0.6 is 0 Å². The Bertz CT molecular complexity index is 587. The van der Waals surface area contributed by atoms with Crippen molar-refractivity contribution < 1.29 is 8.42 Å². The zero-order valence-electron chi connectivity index (χ0n) is 10.6. The summed E-state index contributed by atoms with van der Waals surface area (Å²) in [5.41, 5.74) is 3.47. The molecule has 0 aromatic heterocycles. The van der Waals surface area contributed by atoms with Crippen LogP contribution in [0.3, 0.4) is 0 Å². The number of nitrogens with two attached hydrogens (primary N) is 1. The average Bonchev–Trinajstić information content (AvgIpc) is 2.43. The molecule has 0 aliphatic rings. The molecule has 0 radical (unpaired) electrons. The minimum atomic E-state index is -3.62. The number of benzene rings is 1. The Balaban J connectivity index is 2.99. The molecule has 1 aromatic carbocycles. The van der Waals surface area contributed by atoms with E-state index in [2.05, 4.69) is 16.7 Å². The number of anilines is 1. The molecule has 0 bridgehead atoms. The van der Waals surface area contributed by atoms with E-state index in [0.29, 0.717) is 11.4 Å². The van der Waals surface area contributed by atoms with Crippen LogP contribution in [0.2, 0.25) is 0 Å². The zero-order chi connectivity index (χ0) is 14.3. The number of allylic oxidation sites excluding steroid dienone is 4. The van der Waals surface area contributed by atoms with Crippen molar-refractivity contribution in [2.45, 2.75) is 11.8 Å². The summed E-state index contributed by atoms with van der Waals surface area (Å²) < 4.78 is 26.6. The number of sulfonamides is 1. The summed E-state index contributed by atoms with van der Waals surface area (Å²) in [6.45, 7) is 5.40. The first kappa shape index (κ1) is 15.0. The number of hydrazine groups is 1. The highest BCUT2D eigenvalue weighted by molar-refractivity contribution is 7.89. The Hall–Kier alpha value is -2.05. The Labute approximate surface area is 113 Å². The summed E-state index contributed by atoms with van der Waals surface area (Å²) in [6, 6.07) is 6.09. The second-order valence-electron chi connectivity index (χ2n) is 3.63. The third-order valence-electron chi connectivity index (χ3n) is 2.27. The first-order valence-electron chi connectivity index (χ1n) is 5.58. The van der Waals surface area contributed by atoms with Gasteiger partial charge in [0, 0.05) is 11.4 Å². The fourth-order valence-corrected chi connectivity index (χ4v) is 2.36. The number of nitrogen functional groups attached to an aromatic ring is 1. The van der Waals surface area contributed by atoms with Crippen molar-refractivity contribution in [1.82, 2.24) is 4.72 Å². The Morgan fingerprint density at radius 3 is 2.42 bits per heavy atom. The van der Waals surface area contributed by atoms with Gasteiger partial charge in [0.15, 0.2) is 0 Å². The lowest BCUT2D eigenvalue weighted by Gasteiger charge is -2.09. The summed E-state index contributed by atoms with van der Waals surface area (Å²) in [7, 11) is -3.62. The molecule has 0 unspecified atom stereocenters. The molecule has 0 heterocycles. The van der Waals surface area contributed by atoms with Gasteiger partial charge in [-0.05, 0) is 43.3 Å². The minimum Gasteiger partial charge on any atom is -0.324 e. The molecule has 0 spiro atoms. The third-order valence-corrected chi connectivity index (χ3v) is 3.67. The SMILES string of the molecule is C=C/C(=C\C=C/C)NS(=O)(=O)c1ccc(NN)cc1. The van der Waals surface area contributed by atoms with E-state index in [-0.39, 0.29) is 4.90 Å². The van der Waals surface area contributed by atoms with Gasteiger partial charge in [0.25, 0.3) is 10.0 Å². The van der Waals surface area contributed by atoms with Crippen LogP contribution in [0.5, 0.6) is 0 Å². The van der Waals surface area contributed by atoms with Crippen LogP contribution in [0.25, 0.3) is 0 Å². The van der Waals surface area contributed by atoms with Gasteiger partial charge in [-0.3, -0.25) is 10.6 Å². The summed E-state index contributed by atoms with van der Waals surface area (Å²) in [6.07, 6.45) is 6.58. The van der Waals surface area contributed by atoms with Crippen LogP contribution in [0.15, 0.2) is 65.7 Å². The van der Waals surface area contributed by atoms with E-state index >= 15 is 0 Å². The molecule has 0 fully saturated rings. The molecule has 0 amide bonds. The quantitative estimate of drug-likeness (QED) is 0.422. The van der Waals surface area contributed by atoms with Crippen molar-refractivity contribution in [2.75, 3.05) is 5.43 Å². The molecule has 4 N–H and O–H groups in total. The predicted octanol–water partition coefficient (Wildman–Crippen LogP) is 1.90.